The topological polar surface area (TPSA) is 69.6 Å². The molecule has 0 saturated carbocycles. The van der Waals surface area contributed by atoms with E-state index < -0.39 is 0 Å². The van der Waals surface area contributed by atoms with Crippen molar-refractivity contribution in [3.63, 3.8) is 0 Å². The van der Waals surface area contributed by atoms with E-state index in [9.17, 15) is 0 Å². The van der Waals surface area contributed by atoms with E-state index in [1.807, 2.05) is 18.4 Å². The highest BCUT2D eigenvalue weighted by Crippen LogP contribution is 2.38. The average molecular weight is 376 g/mol. The Bertz CT molecular complexity index is 882. The Balaban J connectivity index is 1.52. The van der Waals surface area contributed by atoms with Gasteiger partial charge in [0.2, 0.25) is 11.8 Å². The van der Waals surface area contributed by atoms with Gasteiger partial charge in [-0.25, -0.2) is 0 Å². The Morgan fingerprint density at radius 2 is 2.20 bits per heavy atom. The lowest BCUT2D eigenvalue weighted by molar-refractivity contribution is 0.449. The summed E-state index contributed by atoms with van der Waals surface area (Å²) in [5.41, 5.74) is 1.51. The monoisotopic (exact) mass is 375 g/mol. The van der Waals surface area contributed by atoms with Crippen LogP contribution in [0.2, 0.25) is 0 Å². The van der Waals surface area contributed by atoms with E-state index in [0.717, 1.165) is 16.9 Å². The Morgan fingerprint density at radius 1 is 1.32 bits per heavy atom. The molecule has 3 heterocycles. The van der Waals surface area contributed by atoms with Gasteiger partial charge in [-0.2, -0.15) is 0 Å². The van der Waals surface area contributed by atoms with Crippen molar-refractivity contribution in [1.29, 1.82) is 0 Å². The van der Waals surface area contributed by atoms with E-state index in [1.165, 1.54) is 41.0 Å². The molecular formula is C17H21N5OS2. The van der Waals surface area contributed by atoms with Crippen molar-refractivity contribution in [2.75, 3.05) is 0 Å². The van der Waals surface area contributed by atoms with Crippen molar-refractivity contribution in [2.24, 2.45) is 13.0 Å². The van der Waals surface area contributed by atoms with Gasteiger partial charge in [-0.05, 0) is 36.8 Å². The number of aryl methyl sites for hydroxylation is 2. The summed E-state index contributed by atoms with van der Waals surface area (Å²) in [6, 6.07) is 2.32. The van der Waals surface area contributed by atoms with Gasteiger partial charge in [-0.15, -0.1) is 31.7 Å². The average Bonchev–Trinajstić information content (AvgIpc) is 3.30. The third-order valence-corrected chi connectivity index (χ3v) is 6.95. The van der Waals surface area contributed by atoms with E-state index in [0.29, 0.717) is 17.5 Å². The van der Waals surface area contributed by atoms with Gasteiger partial charge in [0.05, 0.1) is 10.6 Å². The fourth-order valence-electron chi connectivity index (χ4n) is 3.24. The predicted molar refractivity (Wildman–Crippen MR) is 98.7 cm³/mol. The maximum Gasteiger partial charge on any atom is 0.226 e. The van der Waals surface area contributed by atoms with Crippen molar-refractivity contribution in [3.8, 4) is 10.7 Å². The second-order valence-corrected chi connectivity index (χ2v) is 8.52. The van der Waals surface area contributed by atoms with E-state index in [2.05, 4.69) is 38.0 Å². The molecule has 8 heteroatoms. The van der Waals surface area contributed by atoms with Crippen LogP contribution in [0.25, 0.3) is 10.7 Å². The number of thiophene rings is 1. The zero-order valence-electron chi connectivity index (χ0n) is 14.7. The van der Waals surface area contributed by atoms with Gasteiger partial charge in [0, 0.05) is 18.8 Å². The maximum atomic E-state index is 5.41. The molecule has 4 rings (SSSR count). The largest absolute Gasteiger partial charge is 0.425 e. The summed E-state index contributed by atoms with van der Waals surface area (Å²) in [5.74, 6) is 3.58. The summed E-state index contributed by atoms with van der Waals surface area (Å²) in [4.78, 5) is 2.75. The van der Waals surface area contributed by atoms with Crippen LogP contribution in [0.5, 0.6) is 0 Å². The van der Waals surface area contributed by atoms with Crippen LogP contribution in [0.4, 0.5) is 0 Å². The number of hydrogen-bond donors (Lipinski definition) is 0. The Hall–Kier alpha value is -1.67. The molecule has 3 aromatic heterocycles. The third-order valence-electron chi connectivity index (χ3n) is 4.71. The summed E-state index contributed by atoms with van der Waals surface area (Å²) >= 11 is 3.44. The van der Waals surface area contributed by atoms with Gasteiger partial charge in [0.15, 0.2) is 11.0 Å². The molecule has 0 aromatic carbocycles. The lowest BCUT2D eigenvalue weighted by atomic mass is 9.87. The molecule has 0 N–H and O–H groups in total. The Kier molecular flexibility index (Phi) is 4.64. The fraction of sp³-hybridized carbons (Fsp3) is 0.529. The SMILES string of the molecule is CCC1CCc2sc(-c3nnc(SCc4nnc(C)o4)n3C)cc2C1. The van der Waals surface area contributed by atoms with Crippen LogP contribution in [-0.2, 0) is 25.6 Å². The first-order valence-electron chi connectivity index (χ1n) is 8.57. The summed E-state index contributed by atoms with van der Waals surface area (Å²) in [6.07, 6.45) is 4.99. The highest BCUT2D eigenvalue weighted by Gasteiger charge is 2.22. The van der Waals surface area contributed by atoms with Gasteiger partial charge in [0.1, 0.15) is 0 Å². The second kappa shape index (κ2) is 6.92. The maximum absolute atomic E-state index is 5.41. The van der Waals surface area contributed by atoms with E-state index in [-0.39, 0.29) is 0 Å². The highest BCUT2D eigenvalue weighted by atomic mass is 32.2. The van der Waals surface area contributed by atoms with Crippen molar-refractivity contribution >= 4 is 23.1 Å². The first-order valence-corrected chi connectivity index (χ1v) is 10.4. The lowest BCUT2D eigenvalue weighted by Crippen LogP contribution is -2.10. The molecule has 1 unspecified atom stereocenters. The summed E-state index contributed by atoms with van der Waals surface area (Å²) in [6.45, 7) is 4.09. The normalized spacial score (nSPS) is 17.0. The molecular weight excluding hydrogens is 354 g/mol. The summed E-state index contributed by atoms with van der Waals surface area (Å²) in [5, 5.41) is 17.5. The molecule has 0 aliphatic heterocycles. The molecule has 0 radical (unpaired) electrons. The summed E-state index contributed by atoms with van der Waals surface area (Å²) < 4.78 is 7.47. The van der Waals surface area contributed by atoms with Gasteiger partial charge in [0.25, 0.3) is 0 Å². The van der Waals surface area contributed by atoms with Gasteiger partial charge < -0.3 is 8.98 Å². The minimum atomic E-state index is 0.587. The Morgan fingerprint density at radius 3 is 2.96 bits per heavy atom. The van der Waals surface area contributed by atoms with E-state index in [4.69, 9.17) is 4.42 Å². The highest BCUT2D eigenvalue weighted by molar-refractivity contribution is 7.98. The van der Waals surface area contributed by atoms with Gasteiger partial charge in [-0.1, -0.05) is 25.1 Å². The van der Waals surface area contributed by atoms with E-state index >= 15 is 0 Å². The molecule has 0 fully saturated rings. The zero-order chi connectivity index (χ0) is 17.4. The number of aromatic nitrogens is 5. The molecule has 1 atom stereocenters. The zero-order valence-corrected chi connectivity index (χ0v) is 16.3. The minimum Gasteiger partial charge on any atom is -0.425 e. The molecule has 0 spiro atoms. The van der Waals surface area contributed by atoms with Crippen LogP contribution in [0, 0.1) is 12.8 Å². The lowest BCUT2D eigenvalue weighted by Gasteiger charge is -2.19. The quantitative estimate of drug-likeness (QED) is 0.627. The van der Waals surface area contributed by atoms with Crippen LogP contribution >= 0.6 is 23.1 Å². The molecule has 0 amide bonds. The van der Waals surface area contributed by atoms with Crippen molar-refractivity contribution in [3.05, 3.63) is 28.3 Å². The van der Waals surface area contributed by atoms with Gasteiger partial charge in [-0.3, -0.25) is 0 Å². The number of rotatable bonds is 5. The number of fused-ring (bicyclic) bond motifs is 1. The smallest absolute Gasteiger partial charge is 0.226 e. The Labute approximate surface area is 155 Å². The van der Waals surface area contributed by atoms with E-state index in [1.54, 1.807) is 18.7 Å². The van der Waals surface area contributed by atoms with Crippen LogP contribution in [-0.4, -0.2) is 25.0 Å². The van der Waals surface area contributed by atoms with Crippen LogP contribution < -0.4 is 0 Å². The standard InChI is InChI=1S/C17H21N5OS2/c1-4-11-5-6-13-12(7-11)8-14(25-13)16-20-21-17(22(16)3)24-9-15-19-18-10(2)23-15/h8,11H,4-7,9H2,1-3H3. The first-order chi connectivity index (χ1) is 12.1. The molecule has 1 aliphatic carbocycles. The number of nitrogens with zero attached hydrogens (tertiary/aromatic N) is 5. The molecule has 1 aliphatic rings. The van der Waals surface area contributed by atoms with Crippen molar-refractivity contribution < 1.29 is 4.42 Å². The number of thioether (sulfide) groups is 1. The van der Waals surface area contributed by atoms with Crippen LogP contribution in [0.15, 0.2) is 15.6 Å². The minimum absolute atomic E-state index is 0.587. The molecule has 0 saturated heterocycles. The van der Waals surface area contributed by atoms with Crippen LogP contribution in [0.3, 0.4) is 0 Å². The number of hydrogen-bond acceptors (Lipinski definition) is 7. The predicted octanol–water partition coefficient (Wildman–Crippen LogP) is 4.04. The third kappa shape index (κ3) is 3.37. The molecule has 0 bridgehead atoms. The first kappa shape index (κ1) is 16.8. The molecule has 3 aromatic rings. The molecule has 132 valence electrons. The fourth-order valence-corrected chi connectivity index (χ4v) is 5.21. The molecule has 6 nitrogen and oxygen atoms in total. The van der Waals surface area contributed by atoms with Crippen molar-refractivity contribution in [2.45, 2.75) is 50.4 Å². The molecule has 25 heavy (non-hydrogen) atoms. The van der Waals surface area contributed by atoms with Gasteiger partial charge >= 0.3 is 0 Å². The second-order valence-electron chi connectivity index (χ2n) is 6.44. The van der Waals surface area contributed by atoms with Crippen molar-refractivity contribution in [1.82, 2.24) is 25.0 Å². The van der Waals surface area contributed by atoms with Crippen LogP contribution in [0.1, 0.15) is 42.0 Å². The summed E-state index contributed by atoms with van der Waals surface area (Å²) in [7, 11) is 2.02.